The molecule has 4 heteroatoms. The first kappa shape index (κ1) is 11.3. The van der Waals surface area contributed by atoms with Gasteiger partial charge in [0.15, 0.2) is 5.96 Å². The molecule has 0 aromatic carbocycles. The van der Waals surface area contributed by atoms with Crippen LogP contribution in [0.4, 0.5) is 0 Å². The average Bonchev–Trinajstić information content (AvgIpc) is 2.16. The van der Waals surface area contributed by atoms with Gasteiger partial charge >= 0.3 is 0 Å². The first-order valence-electron chi connectivity index (χ1n) is 5.12. The minimum absolute atomic E-state index is 0.144. The Labute approximate surface area is 85.9 Å². The van der Waals surface area contributed by atoms with Crippen molar-refractivity contribution in [3.63, 3.8) is 0 Å². The van der Waals surface area contributed by atoms with Crippen LogP contribution in [0.15, 0.2) is 4.99 Å². The van der Waals surface area contributed by atoms with Gasteiger partial charge in [-0.15, -0.1) is 0 Å². The largest absolute Gasteiger partial charge is 0.378 e. The lowest BCUT2D eigenvalue weighted by Gasteiger charge is -2.51. The fourth-order valence-corrected chi connectivity index (χ4v) is 1.86. The summed E-state index contributed by atoms with van der Waals surface area (Å²) in [5, 5.41) is 3.19. The predicted octanol–water partition coefficient (Wildman–Crippen LogP) is 0.724. The zero-order valence-corrected chi connectivity index (χ0v) is 9.50. The monoisotopic (exact) mass is 199 g/mol. The minimum atomic E-state index is 0.144. The third kappa shape index (κ3) is 2.00. The second-order valence-electron chi connectivity index (χ2n) is 4.31. The lowest BCUT2D eigenvalue weighted by molar-refractivity contribution is -0.109. The van der Waals surface area contributed by atoms with Crippen molar-refractivity contribution in [2.24, 2.45) is 16.1 Å². The van der Waals surface area contributed by atoms with Crippen LogP contribution in [0.2, 0.25) is 0 Å². The molecule has 0 aliphatic heterocycles. The van der Waals surface area contributed by atoms with Crippen LogP contribution in [0.25, 0.3) is 0 Å². The lowest BCUT2D eigenvalue weighted by Crippen LogP contribution is -2.63. The van der Waals surface area contributed by atoms with E-state index in [1.807, 2.05) is 6.92 Å². The van der Waals surface area contributed by atoms with Crippen LogP contribution in [-0.2, 0) is 4.74 Å². The van der Waals surface area contributed by atoms with E-state index in [9.17, 15) is 0 Å². The van der Waals surface area contributed by atoms with Gasteiger partial charge in [-0.25, -0.2) is 0 Å². The van der Waals surface area contributed by atoms with Crippen LogP contribution in [-0.4, -0.2) is 31.8 Å². The first-order chi connectivity index (χ1) is 6.52. The molecule has 0 spiro atoms. The number of aliphatic imine (C=N–C) groups is 1. The molecule has 1 rings (SSSR count). The van der Waals surface area contributed by atoms with Crippen molar-refractivity contribution in [3.8, 4) is 0 Å². The summed E-state index contributed by atoms with van der Waals surface area (Å²) in [6.07, 6.45) is 1.35. The molecule has 3 N–H and O–H groups in total. The van der Waals surface area contributed by atoms with Crippen molar-refractivity contribution in [2.45, 2.75) is 39.3 Å². The van der Waals surface area contributed by atoms with Crippen molar-refractivity contribution in [2.75, 3.05) is 13.7 Å². The summed E-state index contributed by atoms with van der Waals surface area (Å²) in [6.45, 7) is 7.19. The van der Waals surface area contributed by atoms with E-state index in [0.29, 0.717) is 18.1 Å². The molecule has 0 radical (unpaired) electrons. The summed E-state index contributed by atoms with van der Waals surface area (Å²) in [7, 11) is 1.69. The molecule has 82 valence electrons. The molecule has 0 unspecified atom stereocenters. The van der Waals surface area contributed by atoms with E-state index in [4.69, 9.17) is 10.5 Å². The SMILES string of the molecule is CCO[C@@H]1C[C@H](NC(N)=NC)C1(C)C. The Morgan fingerprint density at radius 1 is 1.64 bits per heavy atom. The molecule has 0 amide bonds. The van der Waals surface area contributed by atoms with E-state index < -0.39 is 0 Å². The van der Waals surface area contributed by atoms with Crippen LogP contribution >= 0.6 is 0 Å². The molecule has 0 aromatic heterocycles. The third-order valence-corrected chi connectivity index (χ3v) is 3.11. The Kier molecular flexibility index (Phi) is 3.37. The van der Waals surface area contributed by atoms with Crippen molar-refractivity contribution >= 4 is 5.96 Å². The predicted molar refractivity (Wildman–Crippen MR) is 58.3 cm³/mol. The molecule has 0 heterocycles. The van der Waals surface area contributed by atoms with Gasteiger partial charge in [-0.05, 0) is 13.3 Å². The lowest BCUT2D eigenvalue weighted by atomic mass is 9.64. The molecule has 0 bridgehead atoms. The van der Waals surface area contributed by atoms with Gasteiger partial charge in [0.05, 0.1) is 6.10 Å². The number of rotatable bonds is 3. The van der Waals surface area contributed by atoms with Crippen molar-refractivity contribution < 1.29 is 4.74 Å². The maximum absolute atomic E-state index is 5.62. The highest BCUT2D eigenvalue weighted by Gasteiger charge is 2.49. The molecule has 0 saturated heterocycles. The van der Waals surface area contributed by atoms with Gasteiger partial charge < -0.3 is 15.8 Å². The topological polar surface area (TPSA) is 59.6 Å². The van der Waals surface area contributed by atoms with Gasteiger partial charge in [-0.3, -0.25) is 4.99 Å². The fourth-order valence-electron chi connectivity index (χ4n) is 1.86. The van der Waals surface area contributed by atoms with Gasteiger partial charge in [0.1, 0.15) is 0 Å². The second kappa shape index (κ2) is 4.17. The normalized spacial score (nSPS) is 31.0. The zero-order chi connectivity index (χ0) is 10.8. The van der Waals surface area contributed by atoms with Crippen molar-refractivity contribution in [3.05, 3.63) is 0 Å². The summed E-state index contributed by atoms with van der Waals surface area (Å²) in [4.78, 5) is 3.89. The summed E-state index contributed by atoms with van der Waals surface area (Å²) in [5.41, 5.74) is 5.77. The minimum Gasteiger partial charge on any atom is -0.378 e. The highest BCUT2D eigenvalue weighted by molar-refractivity contribution is 5.78. The number of hydrogen-bond donors (Lipinski definition) is 2. The van der Waals surface area contributed by atoms with Gasteiger partial charge in [0.25, 0.3) is 0 Å². The molecule has 0 aromatic rings. The smallest absolute Gasteiger partial charge is 0.188 e. The van der Waals surface area contributed by atoms with Crippen molar-refractivity contribution in [1.82, 2.24) is 5.32 Å². The number of guanidine groups is 1. The van der Waals surface area contributed by atoms with Crippen LogP contribution < -0.4 is 11.1 Å². The van der Waals surface area contributed by atoms with Gasteiger partial charge in [0, 0.05) is 25.1 Å². The van der Waals surface area contributed by atoms with Gasteiger partial charge in [-0.2, -0.15) is 0 Å². The molecular weight excluding hydrogens is 178 g/mol. The number of nitrogens with two attached hydrogens (primary N) is 1. The average molecular weight is 199 g/mol. The molecule has 1 aliphatic rings. The van der Waals surface area contributed by atoms with E-state index in [1.165, 1.54) is 0 Å². The summed E-state index contributed by atoms with van der Waals surface area (Å²) in [6, 6.07) is 0.378. The summed E-state index contributed by atoms with van der Waals surface area (Å²) < 4.78 is 5.62. The van der Waals surface area contributed by atoms with Gasteiger partial charge in [-0.1, -0.05) is 13.8 Å². The van der Waals surface area contributed by atoms with E-state index in [0.717, 1.165) is 13.0 Å². The molecule has 1 fully saturated rings. The maximum Gasteiger partial charge on any atom is 0.188 e. The van der Waals surface area contributed by atoms with Crippen LogP contribution in [0, 0.1) is 5.41 Å². The Morgan fingerprint density at radius 2 is 2.29 bits per heavy atom. The molecule has 2 atom stereocenters. The summed E-state index contributed by atoms with van der Waals surface area (Å²) >= 11 is 0. The van der Waals surface area contributed by atoms with E-state index in [1.54, 1.807) is 7.05 Å². The Bertz CT molecular complexity index is 225. The van der Waals surface area contributed by atoms with E-state index in [-0.39, 0.29) is 5.41 Å². The molecule has 1 saturated carbocycles. The summed E-state index contributed by atoms with van der Waals surface area (Å²) in [5.74, 6) is 0.512. The number of hydrogen-bond acceptors (Lipinski definition) is 2. The van der Waals surface area contributed by atoms with Crippen LogP contribution in [0.5, 0.6) is 0 Å². The first-order valence-corrected chi connectivity index (χ1v) is 5.12. The quantitative estimate of drug-likeness (QED) is 0.520. The second-order valence-corrected chi connectivity index (χ2v) is 4.31. The molecular formula is C10H21N3O. The third-order valence-electron chi connectivity index (χ3n) is 3.11. The van der Waals surface area contributed by atoms with E-state index >= 15 is 0 Å². The maximum atomic E-state index is 5.62. The highest BCUT2D eigenvalue weighted by atomic mass is 16.5. The van der Waals surface area contributed by atoms with Crippen LogP contribution in [0.1, 0.15) is 27.2 Å². The number of ether oxygens (including phenoxy) is 1. The Morgan fingerprint density at radius 3 is 2.71 bits per heavy atom. The van der Waals surface area contributed by atoms with Gasteiger partial charge in [0.2, 0.25) is 0 Å². The van der Waals surface area contributed by atoms with E-state index in [2.05, 4.69) is 24.2 Å². The zero-order valence-electron chi connectivity index (χ0n) is 9.50. The fraction of sp³-hybridized carbons (Fsp3) is 0.900. The Balaban J connectivity index is 2.46. The number of nitrogens with one attached hydrogen (secondary N) is 1. The molecule has 14 heavy (non-hydrogen) atoms. The molecule has 1 aliphatic carbocycles. The standard InChI is InChI=1S/C10H21N3O/c1-5-14-8-6-7(10(8,2)3)13-9(11)12-4/h7-8H,5-6H2,1-4H3,(H3,11,12,13)/t7-,8+/m0/s1. The number of nitrogens with zero attached hydrogens (tertiary/aromatic N) is 1. The highest BCUT2D eigenvalue weighted by Crippen LogP contribution is 2.42. The van der Waals surface area contributed by atoms with Crippen molar-refractivity contribution in [1.29, 1.82) is 0 Å². The molecule has 4 nitrogen and oxygen atoms in total. The Hall–Kier alpha value is -0.770. The van der Waals surface area contributed by atoms with Crippen LogP contribution in [0.3, 0.4) is 0 Å².